The summed E-state index contributed by atoms with van der Waals surface area (Å²) in [6.45, 7) is 3.58. The number of hydrogen-bond acceptors (Lipinski definition) is 4. The van der Waals surface area contributed by atoms with Crippen molar-refractivity contribution in [2.45, 2.75) is 32.6 Å². The maximum absolute atomic E-state index is 11.7. The zero-order valence-electron chi connectivity index (χ0n) is 10.6. The molecule has 0 radical (unpaired) electrons. The molecule has 1 unspecified atom stereocenters. The molecule has 98 valence electrons. The van der Waals surface area contributed by atoms with E-state index in [1.54, 1.807) is 4.90 Å². The summed E-state index contributed by atoms with van der Waals surface area (Å²) in [5, 5.41) is 0. The molecule has 0 spiro atoms. The number of likely N-dealkylation sites (tertiary alicyclic amines) is 1. The summed E-state index contributed by atoms with van der Waals surface area (Å²) in [6, 6.07) is 0. The largest absolute Gasteiger partial charge is 0.469 e. The van der Waals surface area contributed by atoms with Gasteiger partial charge < -0.3 is 14.4 Å². The van der Waals surface area contributed by atoms with E-state index < -0.39 is 0 Å². The molecule has 1 amide bonds. The first kappa shape index (κ1) is 13.8. The second kappa shape index (κ2) is 7.14. The molecular weight excluding hydrogens is 222 g/mol. The highest BCUT2D eigenvalue weighted by Gasteiger charge is 2.29. The number of rotatable bonds is 4. The summed E-state index contributed by atoms with van der Waals surface area (Å²) in [5.74, 6) is -0.441. The Kier molecular flexibility index (Phi) is 5.80. The maximum atomic E-state index is 11.7. The summed E-state index contributed by atoms with van der Waals surface area (Å²) in [6.07, 6.45) is 3.17. The highest BCUT2D eigenvalue weighted by atomic mass is 16.6. The van der Waals surface area contributed by atoms with Crippen molar-refractivity contribution in [1.82, 2.24) is 4.90 Å². The molecule has 1 fully saturated rings. The predicted octanol–water partition coefficient (Wildman–Crippen LogP) is 1.81. The van der Waals surface area contributed by atoms with E-state index in [1.807, 2.05) is 6.92 Å². The molecule has 0 aliphatic carbocycles. The van der Waals surface area contributed by atoms with Crippen LogP contribution in [0.3, 0.4) is 0 Å². The number of unbranched alkanes of at least 4 members (excludes halogenated alkanes) is 1. The summed E-state index contributed by atoms with van der Waals surface area (Å²) in [5.41, 5.74) is 0. The Morgan fingerprint density at radius 3 is 2.82 bits per heavy atom. The van der Waals surface area contributed by atoms with E-state index in [9.17, 15) is 9.59 Å². The fourth-order valence-electron chi connectivity index (χ4n) is 1.90. The summed E-state index contributed by atoms with van der Waals surface area (Å²) in [4.78, 5) is 24.7. The number of methoxy groups -OCH3 is 1. The van der Waals surface area contributed by atoms with Crippen LogP contribution in [0.25, 0.3) is 0 Å². The molecule has 1 aliphatic rings. The lowest BCUT2D eigenvalue weighted by Gasteiger charge is -2.30. The van der Waals surface area contributed by atoms with E-state index in [2.05, 4.69) is 0 Å². The topological polar surface area (TPSA) is 55.8 Å². The van der Waals surface area contributed by atoms with Crippen LogP contribution in [-0.2, 0) is 14.3 Å². The first-order valence-corrected chi connectivity index (χ1v) is 6.18. The third-order valence-electron chi connectivity index (χ3n) is 2.94. The van der Waals surface area contributed by atoms with Gasteiger partial charge in [-0.1, -0.05) is 13.3 Å². The predicted molar refractivity (Wildman–Crippen MR) is 62.6 cm³/mol. The molecule has 0 saturated carbocycles. The number of esters is 1. The van der Waals surface area contributed by atoms with E-state index in [0.717, 1.165) is 25.7 Å². The molecule has 0 bridgehead atoms. The van der Waals surface area contributed by atoms with Crippen molar-refractivity contribution >= 4 is 12.1 Å². The van der Waals surface area contributed by atoms with Crippen molar-refractivity contribution < 1.29 is 19.1 Å². The molecule has 0 aromatic rings. The van der Waals surface area contributed by atoms with Gasteiger partial charge in [-0.25, -0.2) is 4.79 Å². The van der Waals surface area contributed by atoms with Gasteiger partial charge in [-0.3, -0.25) is 4.79 Å². The van der Waals surface area contributed by atoms with Crippen molar-refractivity contribution in [1.29, 1.82) is 0 Å². The number of ether oxygens (including phenoxy) is 2. The monoisotopic (exact) mass is 243 g/mol. The number of nitrogens with zero attached hydrogens (tertiary/aromatic N) is 1. The van der Waals surface area contributed by atoms with Crippen LogP contribution in [0.1, 0.15) is 32.6 Å². The molecule has 1 saturated heterocycles. The normalized spacial score (nSPS) is 19.9. The van der Waals surface area contributed by atoms with E-state index >= 15 is 0 Å². The van der Waals surface area contributed by atoms with Crippen molar-refractivity contribution in [3.05, 3.63) is 0 Å². The zero-order chi connectivity index (χ0) is 12.7. The molecule has 1 atom stereocenters. The Hall–Kier alpha value is -1.26. The lowest BCUT2D eigenvalue weighted by Crippen LogP contribution is -2.43. The molecule has 1 rings (SSSR count). The van der Waals surface area contributed by atoms with Crippen molar-refractivity contribution in [3.8, 4) is 0 Å². The first-order chi connectivity index (χ1) is 8.19. The molecule has 5 nitrogen and oxygen atoms in total. The highest BCUT2D eigenvalue weighted by molar-refractivity contribution is 5.74. The molecule has 1 aliphatic heterocycles. The van der Waals surface area contributed by atoms with E-state index in [1.165, 1.54) is 7.11 Å². The maximum Gasteiger partial charge on any atom is 0.409 e. The summed E-state index contributed by atoms with van der Waals surface area (Å²) < 4.78 is 9.82. The molecular formula is C12H21NO4. The average molecular weight is 243 g/mol. The van der Waals surface area contributed by atoms with Crippen LogP contribution in [0, 0.1) is 5.92 Å². The Labute approximate surface area is 102 Å². The van der Waals surface area contributed by atoms with Gasteiger partial charge in [0.1, 0.15) is 0 Å². The molecule has 5 heteroatoms. The quantitative estimate of drug-likeness (QED) is 0.558. The van der Waals surface area contributed by atoms with Crippen LogP contribution in [-0.4, -0.2) is 43.8 Å². The Balaban J connectivity index is 2.37. The molecule has 1 heterocycles. The third-order valence-corrected chi connectivity index (χ3v) is 2.94. The van der Waals surface area contributed by atoms with Gasteiger partial charge in [0, 0.05) is 13.1 Å². The number of amides is 1. The van der Waals surface area contributed by atoms with Gasteiger partial charge in [0.05, 0.1) is 19.6 Å². The summed E-state index contributed by atoms with van der Waals surface area (Å²) in [7, 11) is 1.38. The second-order valence-corrected chi connectivity index (χ2v) is 4.28. The molecule has 17 heavy (non-hydrogen) atoms. The van der Waals surface area contributed by atoms with Gasteiger partial charge in [0.2, 0.25) is 0 Å². The fraction of sp³-hybridized carbons (Fsp3) is 0.833. The van der Waals surface area contributed by atoms with Gasteiger partial charge in [-0.15, -0.1) is 0 Å². The smallest absolute Gasteiger partial charge is 0.409 e. The second-order valence-electron chi connectivity index (χ2n) is 4.28. The van der Waals surface area contributed by atoms with Gasteiger partial charge in [0.15, 0.2) is 0 Å². The number of carbonyl (C=O) groups is 2. The van der Waals surface area contributed by atoms with Crippen LogP contribution in [0.4, 0.5) is 4.79 Å². The van der Waals surface area contributed by atoms with E-state index in [4.69, 9.17) is 9.47 Å². The fourth-order valence-corrected chi connectivity index (χ4v) is 1.90. The van der Waals surface area contributed by atoms with Gasteiger partial charge >= 0.3 is 12.1 Å². The van der Waals surface area contributed by atoms with Crippen LogP contribution in [0.2, 0.25) is 0 Å². The lowest BCUT2D eigenvalue weighted by molar-refractivity contribution is -0.147. The number of piperidine rings is 1. The SMILES string of the molecule is CCCCOC(=O)N1CCCC(C(=O)OC)C1. The average Bonchev–Trinajstić information content (AvgIpc) is 2.38. The van der Waals surface area contributed by atoms with E-state index in [0.29, 0.717) is 19.7 Å². The van der Waals surface area contributed by atoms with Gasteiger partial charge in [0.25, 0.3) is 0 Å². The van der Waals surface area contributed by atoms with Crippen LogP contribution < -0.4 is 0 Å². The van der Waals surface area contributed by atoms with Crippen molar-refractivity contribution in [2.75, 3.05) is 26.8 Å². The number of carbonyl (C=O) groups excluding carboxylic acids is 2. The van der Waals surface area contributed by atoms with Crippen molar-refractivity contribution in [2.24, 2.45) is 5.92 Å². The van der Waals surface area contributed by atoms with Gasteiger partial charge in [-0.2, -0.15) is 0 Å². The van der Waals surface area contributed by atoms with Crippen LogP contribution in [0.5, 0.6) is 0 Å². The minimum Gasteiger partial charge on any atom is -0.469 e. The summed E-state index contributed by atoms with van der Waals surface area (Å²) >= 11 is 0. The highest BCUT2D eigenvalue weighted by Crippen LogP contribution is 2.18. The first-order valence-electron chi connectivity index (χ1n) is 6.18. The molecule has 0 N–H and O–H groups in total. The van der Waals surface area contributed by atoms with E-state index in [-0.39, 0.29) is 18.0 Å². The van der Waals surface area contributed by atoms with Crippen molar-refractivity contribution in [3.63, 3.8) is 0 Å². The van der Waals surface area contributed by atoms with Crippen LogP contribution in [0.15, 0.2) is 0 Å². The Morgan fingerprint density at radius 1 is 1.41 bits per heavy atom. The third kappa shape index (κ3) is 4.24. The lowest BCUT2D eigenvalue weighted by atomic mass is 9.99. The standard InChI is InChI=1S/C12H21NO4/c1-3-4-8-17-12(15)13-7-5-6-10(9-13)11(14)16-2/h10H,3-9H2,1-2H3. The van der Waals surface area contributed by atoms with Crippen LogP contribution >= 0.6 is 0 Å². The minimum atomic E-state index is -0.313. The number of hydrogen-bond donors (Lipinski definition) is 0. The van der Waals surface area contributed by atoms with Gasteiger partial charge in [-0.05, 0) is 19.3 Å². The molecule has 0 aromatic heterocycles. The Morgan fingerprint density at radius 2 is 2.18 bits per heavy atom. The molecule has 0 aromatic carbocycles. The Bertz CT molecular complexity index is 267. The zero-order valence-corrected chi connectivity index (χ0v) is 10.6. The minimum absolute atomic E-state index is 0.201.